The van der Waals surface area contributed by atoms with Gasteiger partial charge < -0.3 is 20.5 Å². The molecule has 0 spiro atoms. The molecule has 190 valence electrons. The topological polar surface area (TPSA) is 105 Å². The number of hydrogen-bond donors (Lipinski definition) is 3. The Bertz CT molecular complexity index is 1170. The van der Waals surface area contributed by atoms with Gasteiger partial charge in [-0.25, -0.2) is 4.79 Å². The number of rotatable bonds is 9. The molecule has 0 fully saturated rings. The molecule has 0 radical (unpaired) electrons. The van der Waals surface area contributed by atoms with Crippen molar-refractivity contribution in [1.29, 1.82) is 0 Å². The van der Waals surface area contributed by atoms with Crippen LogP contribution in [0.15, 0.2) is 84.0 Å². The average Bonchev–Trinajstić information content (AvgIpc) is 2.79. The maximum absolute atomic E-state index is 12.8. The summed E-state index contributed by atoms with van der Waals surface area (Å²) in [5.74, 6) is -0.933. The second kappa shape index (κ2) is 12.5. The number of benzene rings is 2. The van der Waals surface area contributed by atoms with Crippen molar-refractivity contribution in [1.82, 2.24) is 5.32 Å². The van der Waals surface area contributed by atoms with Crippen molar-refractivity contribution in [3.63, 3.8) is 0 Å². The summed E-state index contributed by atoms with van der Waals surface area (Å²) in [6.07, 6.45) is 5.15. The molecule has 3 N–H and O–H groups in total. The van der Waals surface area contributed by atoms with Crippen LogP contribution in [-0.2, 0) is 19.8 Å². The van der Waals surface area contributed by atoms with Crippen molar-refractivity contribution in [2.24, 2.45) is 0 Å². The number of ether oxygens (including phenoxy) is 1. The van der Waals surface area contributed by atoms with E-state index < -0.39 is 11.9 Å². The molecule has 2 aromatic rings. The molecule has 0 aliphatic carbocycles. The first kappa shape index (κ1) is 28.1. The fraction of sp³-hybridized carbons (Fsp3) is 0.276. The van der Waals surface area contributed by atoms with Gasteiger partial charge in [-0.3, -0.25) is 9.59 Å². The Morgan fingerprint density at radius 1 is 0.917 bits per heavy atom. The van der Waals surface area contributed by atoms with E-state index in [0.717, 1.165) is 0 Å². The molecule has 0 atom stereocenters. The van der Waals surface area contributed by atoms with E-state index in [9.17, 15) is 19.5 Å². The summed E-state index contributed by atoms with van der Waals surface area (Å²) >= 11 is 0. The standard InChI is InChI=1S/C29H34N2O5/c1-7-24(25(28(34)35)9-8-10-26(32)30-19(2)3)27(33)31-21-13-17-23(18-14-21)36-22-15-11-20(12-16-22)29(4,5)6/h7-19H,1-6H3,(H,30,32)(H,31,33)(H,34,35)/b10-8+,24-7+,25-9+. The zero-order valence-electron chi connectivity index (χ0n) is 21.6. The minimum atomic E-state index is -1.28. The number of hydrogen-bond acceptors (Lipinski definition) is 4. The number of nitrogens with one attached hydrogen (secondary N) is 2. The van der Waals surface area contributed by atoms with E-state index in [1.165, 1.54) is 29.9 Å². The predicted octanol–water partition coefficient (Wildman–Crippen LogP) is 5.75. The van der Waals surface area contributed by atoms with Crippen molar-refractivity contribution in [2.45, 2.75) is 53.0 Å². The third kappa shape index (κ3) is 8.58. The predicted molar refractivity (Wildman–Crippen MR) is 142 cm³/mol. The Labute approximate surface area is 212 Å². The van der Waals surface area contributed by atoms with Crippen LogP contribution in [0, 0.1) is 0 Å². The van der Waals surface area contributed by atoms with Crippen LogP contribution in [0.25, 0.3) is 0 Å². The second-order valence-electron chi connectivity index (χ2n) is 9.47. The van der Waals surface area contributed by atoms with Crippen molar-refractivity contribution in [3.8, 4) is 11.5 Å². The van der Waals surface area contributed by atoms with Crippen LogP contribution in [0.5, 0.6) is 11.5 Å². The zero-order valence-corrected chi connectivity index (χ0v) is 21.6. The molecule has 2 rings (SSSR count). The van der Waals surface area contributed by atoms with Crippen molar-refractivity contribution in [2.75, 3.05) is 5.32 Å². The molecular weight excluding hydrogens is 456 g/mol. The highest BCUT2D eigenvalue weighted by Crippen LogP contribution is 2.27. The van der Waals surface area contributed by atoms with Crippen LogP contribution in [0.1, 0.15) is 47.1 Å². The molecule has 0 saturated carbocycles. The number of carbonyl (C=O) groups excluding carboxylic acids is 2. The van der Waals surface area contributed by atoms with E-state index in [1.807, 2.05) is 38.1 Å². The van der Waals surface area contributed by atoms with E-state index >= 15 is 0 Å². The van der Waals surface area contributed by atoms with Gasteiger partial charge in [0, 0.05) is 23.4 Å². The fourth-order valence-electron chi connectivity index (χ4n) is 3.21. The van der Waals surface area contributed by atoms with Gasteiger partial charge in [-0.05, 0) is 74.2 Å². The quantitative estimate of drug-likeness (QED) is 0.306. The van der Waals surface area contributed by atoms with Crippen molar-refractivity contribution < 1.29 is 24.2 Å². The lowest BCUT2D eigenvalue weighted by Crippen LogP contribution is -2.28. The summed E-state index contributed by atoms with van der Waals surface area (Å²) in [6, 6.07) is 14.6. The van der Waals surface area contributed by atoms with Crippen LogP contribution in [0.3, 0.4) is 0 Å². The molecular formula is C29H34N2O5. The lowest BCUT2D eigenvalue weighted by Gasteiger charge is -2.19. The van der Waals surface area contributed by atoms with Crippen LogP contribution in [0.4, 0.5) is 5.69 Å². The molecule has 0 heterocycles. The van der Waals surface area contributed by atoms with Gasteiger partial charge >= 0.3 is 5.97 Å². The molecule has 7 heteroatoms. The van der Waals surface area contributed by atoms with Gasteiger partial charge in [0.25, 0.3) is 5.91 Å². The third-order valence-corrected chi connectivity index (χ3v) is 5.06. The van der Waals surface area contributed by atoms with Crippen LogP contribution < -0.4 is 15.4 Å². The summed E-state index contributed by atoms with van der Waals surface area (Å²) in [7, 11) is 0. The van der Waals surface area contributed by atoms with E-state index in [0.29, 0.717) is 17.2 Å². The summed E-state index contributed by atoms with van der Waals surface area (Å²) in [6.45, 7) is 11.6. The average molecular weight is 491 g/mol. The normalized spacial score (nSPS) is 12.5. The number of anilines is 1. The SMILES string of the molecule is C\C=C(C(=O)Nc1ccc(Oc2ccc(C(C)(C)C)cc2)cc1)/C(=C\C=C\C(=O)NC(C)C)C(=O)O. The maximum Gasteiger partial charge on any atom is 0.336 e. The summed E-state index contributed by atoms with van der Waals surface area (Å²) in [5, 5.41) is 15.0. The van der Waals surface area contributed by atoms with E-state index in [2.05, 4.69) is 31.4 Å². The van der Waals surface area contributed by atoms with E-state index in [-0.39, 0.29) is 28.5 Å². The minimum absolute atomic E-state index is 0.0318. The molecule has 7 nitrogen and oxygen atoms in total. The van der Waals surface area contributed by atoms with Gasteiger partial charge in [0.1, 0.15) is 11.5 Å². The first-order valence-corrected chi connectivity index (χ1v) is 11.7. The van der Waals surface area contributed by atoms with Gasteiger partial charge in [0.2, 0.25) is 5.91 Å². The van der Waals surface area contributed by atoms with E-state index in [1.54, 1.807) is 31.2 Å². The zero-order chi connectivity index (χ0) is 26.9. The van der Waals surface area contributed by atoms with Crippen LogP contribution in [0.2, 0.25) is 0 Å². The lowest BCUT2D eigenvalue weighted by molar-refractivity contribution is -0.132. The second-order valence-corrected chi connectivity index (χ2v) is 9.47. The highest BCUT2D eigenvalue weighted by molar-refractivity contribution is 6.13. The largest absolute Gasteiger partial charge is 0.478 e. The summed E-state index contributed by atoms with van der Waals surface area (Å²) in [5.41, 5.74) is 1.47. The molecule has 0 bridgehead atoms. The smallest absolute Gasteiger partial charge is 0.336 e. The van der Waals surface area contributed by atoms with Crippen molar-refractivity contribution >= 4 is 23.5 Å². The number of carboxylic acid groups (broad SMARTS) is 1. The summed E-state index contributed by atoms with van der Waals surface area (Å²) in [4.78, 5) is 36.3. The first-order chi connectivity index (χ1) is 16.9. The fourth-order valence-corrected chi connectivity index (χ4v) is 3.21. The van der Waals surface area contributed by atoms with Gasteiger partial charge in [-0.2, -0.15) is 0 Å². The number of carbonyl (C=O) groups is 3. The lowest BCUT2D eigenvalue weighted by atomic mass is 9.87. The number of aliphatic carboxylic acids is 1. The summed E-state index contributed by atoms with van der Waals surface area (Å²) < 4.78 is 5.88. The molecule has 36 heavy (non-hydrogen) atoms. The Kier molecular flexibility index (Phi) is 9.79. The van der Waals surface area contributed by atoms with Gasteiger partial charge in [0.05, 0.1) is 5.57 Å². The van der Waals surface area contributed by atoms with Gasteiger partial charge in [0.15, 0.2) is 0 Å². The highest BCUT2D eigenvalue weighted by atomic mass is 16.5. The highest BCUT2D eigenvalue weighted by Gasteiger charge is 2.19. The maximum atomic E-state index is 12.8. The Hall–Kier alpha value is -4.13. The first-order valence-electron chi connectivity index (χ1n) is 11.7. The number of amides is 2. The van der Waals surface area contributed by atoms with Crippen molar-refractivity contribution in [3.05, 3.63) is 89.5 Å². The Morgan fingerprint density at radius 2 is 1.47 bits per heavy atom. The molecule has 0 aliphatic heterocycles. The molecule has 0 saturated heterocycles. The number of carboxylic acids is 1. The molecule has 2 amide bonds. The van der Waals surface area contributed by atoms with Gasteiger partial charge in [-0.1, -0.05) is 45.1 Å². The Morgan fingerprint density at radius 3 is 1.94 bits per heavy atom. The molecule has 2 aromatic carbocycles. The molecule has 0 aromatic heterocycles. The minimum Gasteiger partial charge on any atom is -0.478 e. The van der Waals surface area contributed by atoms with Gasteiger partial charge in [-0.15, -0.1) is 0 Å². The number of allylic oxidation sites excluding steroid dienone is 3. The third-order valence-electron chi connectivity index (χ3n) is 5.06. The van der Waals surface area contributed by atoms with Crippen LogP contribution in [-0.4, -0.2) is 28.9 Å². The molecule has 0 aliphatic rings. The Balaban J connectivity index is 2.09. The molecule has 0 unspecified atom stereocenters. The monoisotopic (exact) mass is 490 g/mol. The van der Waals surface area contributed by atoms with Crippen LogP contribution >= 0.6 is 0 Å². The van der Waals surface area contributed by atoms with E-state index in [4.69, 9.17) is 4.74 Å².